The summed E-state index contributed by atoms with van der Waals surface area (Å²) < 4.78 is 5.41. The number of nitrogens with one attached hydrogen (secondary N) is 1. The second kappa shape index (κ2) is 8.27. The van der Waals surface area contributed by atoms with Gasteiger partial charge in [-0.1, -0.05) is 13.8 Å². The number of amides is 1. The first-order valence-electron chi connectivity index (χ1n) is 8.74. The Morgan fingerprint density at radius 1 is 1.27 bits per heavy atom. The summed E-state index contributed by atoms with van der Waals surface area (Å²) in [5.74, 6) is 1.24. The summed E-state index contributed by atoms with van der Waals surface area (Å²) in [6.45, 7) is 8.80. The Bertz CT molecular complexity index is 354. The summed E-state index contributed by atoms with van der Waals surface area (Å²) >= 11 is 0. The van der Waals surface area contributed by atoms with Crippen molar-refractivity contribution in [3.63, 3.8) is 0 Å². The van der Waals surface area contributed by atoms with E-state index >= 15 is 0 Å². The monoisotopic (exact) mass is 311 g/mol. The number of likely N-dealkylation sites (tertiary alicyclic amines) is 1. The molecule has 22 heavy (non-hydrogen) atoms. The van der Waals surface area contributed by atoms with Crippen LogP contribution in [0.15, 0.2) is 0 Å². The lowest BCUT2D eigenvalue weighted by Gasteiger charge is -2.32. The van der Waals surface area contributed by atoms with Gasteiger partial charge in [-0.25, -0.2) is 0 Å². The smallest absolute Gasteiger partial charge is 0.239 e. The first-order valence-corrected chi connectivity index (χ1v) is 8.74. The quantitative estimate of drug-likeness (QED) is 0.800. The molecule has 2 heterocycles. The summed E-state index contributed by atoms with van der Waals surface area (Å²) in [4.78, 5) is 17.2. The molecule has 1 N–H and O–H groups in total. The van der Waals surface area contributed by atoms with E-state index in [4.69, 9.17) is 4.74 Å². The van der Waals surface area contributed by atoms with E-state index in [0.717, 1.165) is 52.1 Å². The highest BCUT2D eigenvalue weighted by Crippen LogP contribution is 2.20. The SMILES string of the molecule is CC(C)[C@H](NC1CCOCC1)C(=O)N1CC[C@H](CN(C)C)C1. The molecule has 2 rings (SSSR count). The van der Waals surface area contributed by atoms with Crippen LogP contribution in [0.2, 0.25) is 0 Å². The molecule has 0 aromatic carbocycles. The highest BCUT2D eigenvalue weighted by molar-refractivity contribution is 5.82. The Hall–Kier alpha value is -0.650. The van der Waals surface area contributed by atoms with E-state index in [0.29, 0.717) is 23.8 Å². The molecule has 2 saturated heterocycles. The molecule has 0 aliphatic carbocycles. The fraction of sp³-hybridized carbons (Fsp3) is 0.941. The van der Waals surface area contributed by atoms with Crippen LogP contribution in [0.25, 0.3) is 0 Å². The molecule has 2 aliphatic heterocycles. The third-order valence-electron chi connectivity index (χ3n) is 4.79. The van der Waals surface area contributed by atoms with Gasteiger partial charge >= 0.3 is 0 Å². The predicted octanol–water partition coefficient (Wildman–Crippen LogP) is 1.19. The van der Waals surface area contributed by atoms with Crippen LogP contribution < -0.4 is 5.32 Å². The van der Waals surface area contributed by atoms with E-state index in [1.807, 2.05) is 0 Å². The molecule has 0 unspecified atom stereocenters. The fourth-order valence-corrected chi connectivity index (χ4v) is 3.56. The van der Waals surface area contributed by atoms with Crippen LogP contribution in [0, 0.1) is 11.8 Å². The topological polar surface area (TPSA) is 44.8 Å². The number of carbonyl (C=O) groups is 1. The maximum absolute atomic E-state index is 12.9. The number of nitrogens with zero attached hydrogens (tertiary/aromatic N) is 2. The highest BCUT2D eigenvalue weighted by atomic mass is 16.5. The molecule has 1 amide bonds. The number of carbonyl (C=O) groups excluding carboxylic acids is 1. The van der Waals surface area contributed by atoms with E-state index in [9.17, 15) is 4.79 Å². The molecule has 0 bridgehead atoms. The molecule has 2 atom stereocenters. The molecule has 0 saturated carbocycles. The Morgan fingerprint density at radius 3 is 2.55 bits per heavy atom. The second-order valence-corrected chi connectivity index (χ2v) is 7.48. The zero-order valence-electron chi connectivity index (χ0n) is 14.7. The number of rotatable bonds is 6. The molecular formula is C17H33N3O2. The molecule has 0 radical (unpaired) electrons. The van der Waals surface area contributed by atoms with Crippen LogP contribution in [0.3, 0.4) is 0 Å². The average molecular weight is 311 g/mol. The normalized spacial score (nSPS) is 25.2. The van der Waals surface area contributed by atoms with Gasteiger partial charge in [0.25, 0.3) is 0 Å². The fourth-order valence-electron chi connectivity index (χ4n) is 3.56. The lowest BCUT2D eigenvalue weighted by Crippen LogP contribution is -2.53. The maximum Gasteiger partial charge on any atom is 0.239 e. The Balaban J connectivity index is 1.89. The minimum Gasteiger partial charge on any atom is -0.381 e. The van der Waals surface area contributed by atoms with Crippen molar-refractivity contribution in [1.29, 1.82) is 0 Å². The standard InChI is InChI=1S/C17H33N3O2/c1-13(2)16(18-15-6-9-22-10-7-15)17(21)20-8-5-14(12-20)11-19(3)4/h13-16,18H,5-12H2,1-4H3/t14-,16+/m1/s1. The summed E-state index contributed by atoms with van der Waals surface area (Å²) in [5.41, 5.74) is 0. The van der Waals surface area contributed by atoms with Crippen molar-refractivity contribution in [3.05, 3.63) is 0 Å². The largest absolute Gasteiger partial charge is 0.381 e. The zero-order valence-corrected chi connectivity index (χ0v) is 14.7. The van der Waals surface area contributed by atoms with Gasteiger partial charge in [-0.2, -0.15) is 0 Å². The molecule has 0 aromatic rings. The highest BCUT2D eigenvalue weighted by Gasteiger charge is 2.33. The van der Waals surface area contributed by atoms with Gasteiger partial charge < -0.3 is 19.9 Å². The zero-order chi connectivity index (χ0) is 16.1. The van der Waals surface area contributed by atoms with Crippen LogP contribution in [0.4, 0.5) is 0 Å². The first-order chi connectivity index (χ1) is 10.5. The van der Waals surface area contributed by atoms with Gasteiger partial charge in [0.1, 0.15) is 0 Å². The number of hydrogen-bond donors (Lipinski definition) is 1. The van der Waals surface area contributed by atoms with Crippen LogP contribution >= 0.6 is 0 Å². The first kappa shape index (κ1) is 17.7. The average Bonchev–Trinajstić information content (AvgIpc) is 2.92. The van der Waals surface area contributed by atoms with Crippen molar-refractivity contribution < 1.29 is 9.53 Å². The van der Waals surface area contributed by atoms with E-state index in [2.05, 4.69) is 43.1 Å². The Kier molecular flexibility index (Phi) is 6.66. The van der Waals surface area contributed by atoms with E-state index in [1.54, 1.807) is 0 Å². The summed E-state index contributed by atoms with van der Waals surface area (Å²) in [6.07, 6.45) is 3.16. The van der Waals surface area contributed by atoms with Gasteiger partial charge in [0.05, 0.1) is 6.04 Å². The molecule has 5 heteroatoms. The van der Waals surface area contributed by atoms with Gasteiger partial charge in [0, 0.05) is 38.9 Å². The van der Waals surface area contributed by atoms with Crippen molar-refractivity contribution in [2.45, 2.75) is 45.2 Å². The van der Waals surface area contributed by atoms with Crippen molar-refractivity contribution in [3.8, 4) is 0 Å². The van der Waals surface area contributed by atoms with Crippen LogP contribution in [0.5, 0.6) is 0 Å². The van der Waals surface area contributed by atoms with Crippen molar-refractivity contribution in [2.24, 2.45) is 11.8 Å². The molecule has 0 spiro atoms. The van der Waals surface area contributed by atoms with Gasteiger partial charge in [-0.15, -0.1) is 0 Å². The van der Waals surface area contributed by atoms with Crippen LogP contribution in [-0.4, -0.2) is 74.7 Å². The minimum absolute atomic E-state index is 0.0544. The molecule has 2 fully saturated rings. The molecule has 0 aromatic heterocycles. The number of ether oxygens (including phenoxy) is 1. The van der Waals surface area contributed by atoms with Gasteiger partial charge in [-0.05, 0) is 45.2 Å². The van der Waals surface area contributed by atoms with Gasteiger partial charge in [-0.3, -0.25) is 4.79 Å². The van der Waals surface area contributed by atoms with E-state index in [-0.39, 0.29) is 6.04 Å². The Morgan fingerprint density at radius 2 is 1.95 bits per heavy atom. The minimum atomic E-state index is -0.0544. The van der Waals surface area contributed by atoms with Gasteiger partial charge in [0.2, 0.25) is 5.91 Å². The third kappa shape index (κ3) is 4.93. The Labute approximate surface area is 135 Å². The van der Waals surface area contributed by atoms with Crippen molar-refractivity contribution >= 4 is 5.91 Å². The number of hydrogen-bond acceptors (Lipinski definition) is 4. The lowest BCUT2D eigenvalue weighted by molar-refractivity contribution is -0.134. The molecule has 128 valence electrons. The van der Waals surface area contributed by atoms with Crippen molar-refractivity contribution in [2.75, 3.05) is 46.9 Å². The third-order valence-corrected chi connectivity index (χ3v) is 4.79. The maximum atomic E-state index is 12.9. The second-order valence-electron chi connectivity index (χ2n) is 7.48. The van der Waals surface area contributed by atoms with Gasteiger partial charge in [0.15, 0.2) is 0 Å². The molecule has 2 aliphatic rings. The van der Waals surface area contributed by atoms with Crippen LogP contribution in [-0.2, 0) is 9.53 Å². The molecule has 5 nitrogen and oxygen atoms in total. The summed E-state index contributed by atoms with van der Waals surface area (Å²) in [7, 11) is 4.21. The lowest BCUT2D eigenvalue weighted by atomic mass is 9.99. The summed E-state index contributed by atoms with van der Waals surface area (Å²) in [5, 5.41) is 3.61. The van der Waals surface area contributed by atoms with E-state index in [1.165, 1.54) is 0 Å². The van der Waals surface area contributed by atoms with Crippen LogP contribution in [0.1, 0.15) is 33.1 Å². The van der Waals surface area contributed by atoms with E-state index < -0.39 is 0 Å². The van der Waals surface area contributed by atoms with Crippen molar-refractivity contribution in [1.82, 2.24) is 15.1 Å². The summed E-state index contributed by atoms with van der Waals surface area (Å²) in [6, 6.07) is 0.367. The molecular weight excluding hydrogens is 278 g/mol. The predicted molar refractivity (Wildman–Crippen MR) is 88.8 cm³/mol.